The molecule has 2 atom stereocenters. The molecular weight excluding hydrogens is 322 g/mol. The minimum atomic E-state index is -0.136. The van der Waals surface area contributed by atoms with E-state index in [0.29, 0.717) is 5.56 Å². The van der Waals surface area contributed by atoms with Crippen molar-refractivity contribution in [2.75, 3.05) is 0 Å². The Bertz CT molecular complexity index is 545. The highest BCUT2D eigenvalue weighted by Gasteiger charge is 2.32. The Labute approximate surface area is 126 Å². The Morgan fingerprint density at radius 1 is 1.50 bits per heavy atom. The van der Waals surface area contributed by atoms with Crippen molar-refractivity contribution in [3.8, 4) is 0 Å². The van der Waals surface area contributed by atoms with Gasteiger partial charge in [0.2, 0.25) is 0 Å². The first-order valence-electron chi connectivity index (χ1n) is 6.58. The number of carbonyl (C=O) groups excluding carboxylic acids is 1. The van der Waals surface area contributed by atoms with Crippen LogP contribution in [-0.2, 0) is 0 Å². The SMILES string of the molecule is Cc1cccc(C(=O)NC2CCCC2/C(N)=N/O)c1Br. The zero-order chi connectivity index (χ0) is 14.7. The molecule has 5 nitrogen and oxygen atoms in total. The van der Waals surface area contributed by atoms with E-state index in [9.17, 15) is 4.79 Å². The molecule has 1 aliphatic carbocycles. The molecule has 6 heteroatoms. The van der Waals surface area contributed by atoms with Crippen molar-refractivity contribution in [1.29, 1.82) is 0 Å². The molecule has 2 unspecified atom stereocenters. The summed E-state index contributed by atoms with van der Waals surface area (Å²) in [6.45, 7) is 1.94. The highest BCUT2D eigenvalue weighted by atomic mass is 79.9. The maximum atomic E-state index is 12.3. The van der Waals surface area contributed by atoms with E-state index in [0.717, 1.165) is 29.3 Å². The average molecular weight is 340 g/mol. The molecule has 0 heterocycles. The molecule has 1 fully saturated rings. The Morgan fingerprint density at radius 2 is 2.25 bits per heavy atom. The first-order chi connectivity index (χ1) is 9.54. The van der Waals surface area contributed by atoms with Gasteiger partial charge in [-0.15, -0.1) is 0 Å². The summed E-state index contributed by atoms with van der Waals surface area (Å²) in [5.74, 6) is -0.0353. The summed E-state index contributed by atoms with van der Waals surface area (Å²) in [6, 6.07) is 5.49. The van der Waals surface area contributed by atoms with Crippen molar-refractivity contribution in [3.05, 3.63) is 33.8 Å². The number of amides is 1. The Balaban J connectivity index is 2.13. The topological polar surface area (TPSA) is 87.7 Å². The lowest BCUT2D eigenvalue weighted by atomic mass is 10.0. The average Bonchev–Trinajstić information content (AvgIpc) is 2.89. The van der Waals surface area contributed by atoms with E-state index in [1.165, 1.54) is 0 Å². The largest absolute Gasteiger partial charge is 0.409 e. The number of aryl methyl sites for hydroxylation is 1. The fourth-order valence-corrected chi connectivity index (χ4v) is 3.07. The van der Waals surface area contributed by atoms with Gasteiger partial charge in [-0.25, -0.2) is 0 Å². The number of benzene rings is 1. The highest BCUT2D eigenvalue weighted by molar-refractivity contribution is 9.10. The Hall–Kier alpha value is -1.56. The molecule has 0 aliphatic heterocycles. The number of halogens is 1. The molecule has 0 radical (unpaired) electrons. The summed E-state index contributed by atoms with van der Waals surface area (Å²) in [7, 11) is 0. The van der Waals surface area contributed by atoms with Gasteiger partial charge in [-0.1, -0.05) is 23.7 Å². The van der Waals surface area contributed by atoms with Crippen LogP contribution in [0.4, 0.5) is 0 Å². The lowest BCUT2D eigenvalue weighted by Crippen LogP contribution is -2.42. The maximum Gasteiger partial charge on any atom is 0.252 e. The van der Waals surface area contributed by atoms with Gasteiger partial charge in [0.05, 0.1) is 5.56 Å². The van der Waals surface area contributed by atoms with Gasteiger partial charge in [-0.2, -0.15) is 0 Å². The maximum absolute atomic E-state index is 12.3. The Morgan fingerprint density at radius 3 is 2.95 bits per heavy atom. The van der Waals surface area contributed by atoms with E-state index in [-0.39, 0.29) is 23.7 Å². The number of oxime groups is 1. The lowest BCUT2D eigenvalue weighted by Gasteiger charge is -2.20. The summed E-state index contributed by atoms with van der Waals surface area (Å²) in [4.78, 5) is 12.3. The third-order valence-electron chi connectivity index (χ3n) is 3.76. The third-order valence-corrected chi connectivity index (χ3v) is 4.82. The van der Waals surface area contributed by atoms with Crippen molar-refractivity contribution in [2.24, 2.45) is 16.8 Å². The Kier molecular flexibility index (Phi) is 4.65. The van der Waals surface area contributed by atoms with Crippen molar-refractivity contribution >= 4 is 27.7 Å². The molecule has 0 saturated heterocycles. The van der Waals surface area contributed by atoms with Crippen molar-refractivity contribution in [3.63, 3.8) is 0 Å². The number of hydrogen-bond donors (Lipinski definition) is 3. The van der Waals surface area contributed by atoms with Gasteiger partial charge in [0.15, 0.2) is 0 Å². The molecule has 1 aromatic carbocycles. The lowest BCUT2D eigenvalue weighted by molar-refractivity contribution is 0.0932. The normalized spacial score (nSPS) is 22.8. The number of nitrogens with one attached hydrogen (secondary N) is 1. The van der Waals surface area contributed by atoms with Crippen LogP contribution in [0, 0.1) is 12.8 Å². The first kappa shape index (κ1) is 14.8. The molecule has 2 rings (SSSR count). The summed E-state index contributed by atoms with van der Waals surface area (Å²) < 4.78 is 0.802. The molecule has 0 aromatic heterocycles. The van der Waals surface area contributed by atoms with Crippen LogP contribution >= 0.6 is 15.9 Å². The zero-order valence-electron chi connectivity index (χ0n) is 11.3. The second-order valence-corrected chi connectivity index (χ2v) is 5.87. The molecule has 1 aliphatic rings. The standard InChI is InChI=1S/C14H18BrN3O2/c1-8-4-2-6-10(12(8)15)14(19)17-11-7-3-5-9(11)13(16)18-20/h2,4,6,9,11,20H,3,5,7H2,1H3,(H2,16,18)(H,17,19). The molecule has 20 heavy (non-hydrogen) atoms. The van der Waals surface area contributed by atoms with E-state index in [4.69, 9.17) is 10.9 Å². The second-order valence-electron chi connectivity index (χ2n) is 5.08. The van der Waals surface area contributed by atoms with E-state index in [1.807, 2.05) is 19.1 Å². The molecule has 0 bridgehead atoms. The van der Waals surface area contributed by atoms with Crippen LogP contribution in [0.3, 0.4) is 0 Å². The predicted molar refractivity (Wildman–Crippen MR) is 80.9 cm³/mol. The molecule has 1 saturated carbocycles. The minimum absolute atomic E-state index is 0.0780. The van der Waals surface area contributed by atoms with Crippen LogP contribution in [0.2, 0.25) is 0 Å². The fraction of sp³-hybridized carbons (Fsp3) is 0.429. The van der Waals surface area contributed by atoms with Gasteiger partial charge in [-0.3, -0.25) is 4.79 Å². The zero-order valence-corrected chi connectivity index (χ0v) is 12.9. The van der Waals surface area contributed by atoms with Crippen molar-refractivity contribution in [2.45, 2.75) is 32.2 Å². The number of carbonyl (C=O) groups is 1. The molecule has 0 spiro atoms. The van der Waals surface area contributed by atoms with E-state index < -0.39 is 0 Å². The van der Waals surface area contributed by atoms with Crippen LogP contribution < -0.4 is 11.1 Å². The number of nitrogens with two attached hydrogens (primary N) is 1. The smallest absolute Gasteiger partial charge is 0.252 e. The summed E-state index contributed by atoms with van der Waals surface area (Å²) in [5.41, 5.74) is 7.29. The predicted octanol–water partition coefficient (Wildman–Crippen LogP) is 2.40. The van der Waals surface area contributed by atoms with Crippen LogP contribution in [0.1, 0.15) is 35.2 Å². The summed E-state index contributed by atoms with van der Waals surface area (Å²) >= 11 is 3.44. The summed E-state index contributed by atoms with van der Waals surface area (Å²) in [5, 5.41) is 14.8. The van der Waals surface area contributed by atoms with E-state index in [1.54, 1.807) is 6.07 Å². The number of amidine groups is 1. The number of nitrogens with zero attached hydrogens (tertiary/aromatic N) is 1. The van der Waals surface area contributed by atoms with E-state index >= 15 is 0 Å². The molecule has 4 N–H and O–H groups in total. The van der Waals surface area contributed by atoms with Crippen LogP contribution in [0.15, 0.2) is 27.8 Å². The van der Waals surface area contributed by atoms with Gasteiger partial charge in [0.1, 0.15) is 5.84 Å². The van der Waals surface area contributed by atoms with Crippen LogP contribution in [-0.4, -0.2) is 23.0 Å². The number of hydrogen-bond acceptors (Lipinski definition) is 3. The first-order valence-corrected chi connectivity index (χ1v) is 7.37. The third kappa shape index (κ3) is 2.95. The minimum Gasteiger partial charge on any atom is -0.409 e. The van der Waals surface area contributed by atoms with Gasteiger partial charge >= 0.3 is 0 Å². The molecule has 108 valence electrons. The quantitative estimate of drug-likeness (QED) is 0.342. The molecule has 1 amide bonds. The van der Waals surface area contributed by atoms with E-state index in [2.05, 4.69) is 26.4 Å². The van der Waals surface area contributed by atoms with Crippen LogP contribution in [0.25, 0.3) is 0 Å². The van der Waals surface area contributed by atoms with Gasteiger partial charge in [0, 0.05) is 16.4 Å². The van der Waals surface area contributed by atoms with Gasteiger partial charge in [0.25, 0.3) is 5.91 Å². The van der Waals surface area contributed by atoms with Gasteiger partial charge < -0.3 is 16.3 Å². The second kappa shape index (κ2) is 6.26. The summed E-state index contributed by atoms with van der Waals surface area (Å²) in [6.07, 6.45) is 2.63. The molecular formula is C14H18BrN3O2. The highest BCUT2D eigenvalue weighted by Crippen LogP contribution is 2.27. The van der Waals surface area contributed by atoms with Crippen LogP contribution in [0.5, 0.6) is 0 Å². The van der Waals surface area contributed by atoms with Gasteiger partial charge in [-0.05, 0) is 47.3 Å². The monoisotopic (exact) mass is 339 g/mol. The fourth-order valence-electron chi connectivity index (χ4n) is 2.63. The van der Waals surface area contributed by atoms with Crippen molar-refractivity contribution in [1.82, 2.24) is 5.32 Å². The number of rotatable bonds is 3. The molecule has 1 aromatic rings. The van der Waals surface area contributed by atoms with Crippen molar-refractivity contribution < 1.29 is 10.0 Å².